The van der Waals surface area contributed by atoms with Gasteiger partial charge in [0.2, 0.25) is 0 Å². The lowest BCUT2D eigenvalue weighted by molar-refractivity contribution is -0.0227. The van der Waals surface area contributed by atoms with Crippen molar-refractivity contribution in [1.29, 1.82) is 0 Å². The van der Waals surface area contributed by atoms with Gasteiger partial charge in [-0.1, -0.05) is 6.92 Å². The van der Waals surface area contributed by atoms with E-state index in [9.17, 15) is 9.90 Å². The molecule has 0 radical (unpaired) electrons. The summed E-state index contributed by atoms with van der Waals surface area (Å²) >= 11 is 0. The van der Waals surface area contributed by atoms with Crippen molar-refractivity contribution in [3.63, 3.8) is 0 Å². The molecule has 1 saturated heterocycles. The predicted molar refractivity (Wildman–Crippen MR) is 70.6 cm³/mol. The maximum Gasteiger partial charge on any atom is 0.257 e. The summed E-state index contributed by atoms with van der Waals surface area (Å²) in [7, 11) is 1.52. The summed E-state index contributed by atoms with van der Waals surface area (Å²) in [5.74, 6) is 0.313. The monoisotopic (exact) mass is 265 g/mol. The minimum atomic E-state index is -0.165. The smallest absolute Gasteiger partial charge is 0.257 e. The second-order valence-corrected chi connectivity index (χ2v) is 4.54. The Labute approximate surface area is 112 Å². The third-order valence-corrected chi connectivity index (χ3v) is 3.32. The fourth-order valence-corrected chi connectivity index (χ4v) is 2.14. The molecule has 1 heterocycles. The molecule has 1 unspecified atom stereocenters. The third-order valence-electron chi connectivity index (χ3n) is 3.32. The van der Waals surface area contributed by atoms with E-state index >= 15 is 0 Å². The molecular weight excluding hydrogens is 246 g/mol. The van der Waals surface area contributed by atoms with E-state index in [4.69, 9.17) is 9.47 Å². The Morgan fingerprint density at radius 3 is 3.00 bits per heavy atom. The molecule has 19 heavy (non-hydrogen) atoms. The van der Waals surface area contributed by atoms with E-state index in [1.54, 1.807) is 17.0 Å². The standard InChI is InChI=1S/C14H19NO4/c1-3-10-9-15(6-7-19-10)14(17)12-5-4-11(18-2)8-13(12)16/h4-5,8,10,16H,3,6-7,9H2,1-2H3. The van der Waals surface area contributed by atoms with Crippen LogP contribution in [-0.2, 0) is 4.74 Å². The van der Waals surface area contributed by atoms with Crippen LogP contribution in [-0.4, -0.2) is 48.8 Å². The topological polar surface area (TPSA) is 59.0 Å². The molecule has 1 aliphatic rings. The number of morpholine rings is 1. The molecule has 1 fully saturated rings. The number of methoxy groups -OCH3 is 1. The fourth-order valence-electron chi connectivity index (χ4n) is 2.14. The van der Waals surface area contributed by atoms with Crippen molar-refractivity contribution in [1.82, 2.24) is 4.90 Å². The van der Waals surface area contributed by atoms with Gasteiger partial charge in [0.1, 0.15) is 11.5 Å². The number of ether oxygens (including phenoxy) is 2. The summed E-state index contributed by atoms with van der Waals surface area (Å²) in [5.41, 5.74) is 0.303. The maximum absolute atomic E-state index is 12.4. The number of amides is 1. The molecule has 1 atom stereocenters. The molecule has 5 nitrogen and oxygen atoms in total. The molecule has 2 rings (SSSR count). The van der Waals surface area contributed by atoms with E-state index in [1.807, 2.05) is 6.92 Å². The van der Waals surface area contributed by atoms with E-state index in [2.05, 4.69) is 0 Å². The maximum atomic E-state index is 12.4. The first-order valence-corrected chi connectivity index (χ1v) is 6.43. The number of carbonyl (C=O) groups is 1. The van der Waals surface area contributed by atoms with Crippen LogP contribution in [0.4, 0.5) is 0 Å². The first-order valence-electron chi connectivity index (χ1n) is 6.43. The fraction of sp³-hybridized carbons (Fsp3) is 0.500. The van der Waals surface area contributed by atoms with Crippen LogP contribution in [0.2, 0.25) is 0 Å². The number of hydrogen-bond acceptors (Lipinski definition) is 4. The Morgan fingerprint density at radius 1 is 1.58 bits per heavy atom. The van der Waals surface area contributed by atoms with Crippen molar-refractivity contribution in [3.8, 4) is 11.5 Å². The van der Waals surface area contributed by atoms with E-state index < -0.39 is 0 Å². The quantitative estimate of drug-likeness (QED) is 0.902. The minimum absolute atomic E-state index is 0.0520. The van der Waals surface area contributed by atoms with Crippen molar-refractivity contribution < 1.29 is 19.4 Å². The van der Waals surface area contributed by atoms with Gasteiger partial charge in [0, 0.05) is 19.2 Å². The Morgan fingerprint density at radius 2 is 2.37 bits per heavy atom. The average Bonchev–Trinajstić information content (AvgIpc) is 2.46. The number of rotatable bonds is 3. The molecule has 1 aromatic rings. The lowest BCUT2D eigenvalue weighted by atomic mass is 10.1. The van der Waals surface area contributed by atoms with Gasteiger partial charge in [-0.05, 0) is 18.6 Å². The number of nitrogens with zero attached hydrogens (tertiary/aromatic N) is 1. The van der Waals surface area contributed by atoms with Crippen LogP contribution in [0, 0.1) is 0 Å². The summed E-state index contributed by atoms with van der Waals surface area (Å²) in [5, 5.41) is 9.89. The Balaban J connectivity index is 2.15. The highest BCUT2D eigenvalue weighted by Crippen LogP contribution is 2.25. The number of phenols is 1. The first-order chi connectivity index (χ1) is 9.15. The van der Waals surface area contributed by atoms with Crippen molar-refractivity contribution in [2.45, 2.75) is 19.4 Å². The van der Waals surface area contributed by atoms with Crippen LogP contribution in [0.25, 0.3) is 0 Å². The molecule has 0 saturated carbocycles. The highest BCUT2D eigenvalue weighted by atomic mass is 16.5. The van der Waals surface area contributed by atoms with Gasteiger partial charge in [-0.25, -0.2) is 0 Å². The molecule has 0 aliphatic carbocycles. The minimum Gasteiger partial charge on any atom is -0.507 e. The zero-order chi connectivity index (χ0) is 13.8. The van der Waals surface area contributed by atoms with Crippen molar-refractivity contribution in [2.75, 3.05) is 26.8 Å². The summed E-state index contributed by atoms with van der Waals surface area (Å²) in [6.45, 7) is 3.70. The van der Waals surface area contributed by atoms with Gasteiger partial charge >= 0.3 is 0 Å². The highest BCUT2D eigenvalue weighted by Gasteiger charge is 2.25. The predicted octanol–water partition coefficient (Wildman–Crippen LogP) is 1.65. The number of carbonyl (C=O) groups excluding carboxylic acids is 1. The molecule has 1 N–H and O–H groups in total. The Kier molecular flexibility index (Phi) is 4.27. The largest absolute Gasteiger partial charge is 0.507 e. The molecule has 1 aromatic carbocycles. The van der Waals surface area contributed by atoms with Gasteiger partial charge < -0.3 is 19.5 Å². The Hall–Kier alpha value is -1.75. The van der Waals surface area contributed by atoms with Crippen LogP contribution < -0.4 is 4.74 Å². The van der Waals surface area contributed by atoms with Crippen molar-refractivity contribution in [2.24, 2.45) is 0 Å². The number of benzene rings is 1. The van der Waals surface area contributed by atoms with E-state index in [1.165, 1.54) is 13.2 Å². The second kappa shape index (κ2) is 5.93. The van der Waals surface area contributed by atoms with E-state index in [-0.39, 0.29) is 17.8 Å². The van der Waals surface area contributed by atoms with Gasteiger partial charge in [-0.3, -0.25) is 4.79 Å². The number of hydrogen-bond donors (Lipinski definition) is 1. The van der Waals surface area contributed by atoms with Crippen LogP contribution >= 0.6 is 0 Å². The lowest BCUT2D eigenvalue weighted by Crippen LogP contribution is -2.45. The van der Waals surface area contributed by atoms with Gasteiger partial charge in [-0.15, -0.1) is 0 Å². The van der Waals surface area contributed by atoms with E-state index in [0.717, 1.165) is 6.42 Å². The molecule has 0 aromatic heterocycles. The van der Waals surface area contributed by atoms with Gasteiger partial charge in [-0.2, -0.15) is 0 Å². The first kappa shape index (κ1) is 13.7. The highest BCUT2D eigenvalue weighted by molar-refractivity contribution is 5.97. The molecule has 5 heteroatoms. The Bertz CT molecular complexity index is 461. The zero-order valence-electron chi connectivity index (χ0n) is 11.3. The molecule has 0 bridgehead atoms. The van der Waals surface area contributed by atoms with Crippen LogP contribution in [0.1, 0.15) is 23.7 Å². The summed E-state index contributed by atoms with van der Waals surface area (Å²) in [4.78, 5) is 14.1. The van der Waals surface area contributed by atoms with Gasteiger partial charge in [0.15, 0.2) is 0 Å². The average molecular weight is 265 g/mol. The summed E-state index contributed by atoms with van der Waals surface area (Å²) in [6, 6.07) is 4.71. The SMILES string of the molecule is CCC1CN(C(=O)c2ccc(OC)cc2O)CCO1. The van der Waals surface area contributed by atoms with E-state index in [0.29, 0.717) is 31.0 Å². The van der Waals surface area contributed by atoms with Crippen LogP contribution in [0.3, 0.4) is 0 Å². The normalized spacial score (nSPS) is 19.3. The molecule has 0 spiro atoms. The third kappa shape index (κ3) is 2.98. The summed E-state index contributed by atoms with van der Waals surface area (Å²) < 4.78 is 10.5. The summed E-state index contributed by atoms with van der Waals surface area (Å²) in [6.07, 6.45) is 0.955. The molecule has 1 aliphatic heterocycles. The van der Waals surface area contributed by atoms with Crippen LogP contribution in [0.15, 0.2) is 18.2 Å². The number of phenolic OH excluding ortho intramolecular Hbond substituents is 1. The van der Waals surface area contributed by atoms with Crippen molar-refractivity contribution in [3.05, 3.63) is 23.8 Å². The molecular formula is C14H19NO4. The molecule has 1 amide bonds. The lowest BCUT2D eigenvalue weighted by Gasteiger charge is -2.32. The molecule has 104 valence electrons. The van der Waals surface area contributed by atoms with Crippen LogP contribution in [0.5, 0.6) is 11.5 Å². The van der Waals surface area contributed by atoms with Gasteiger partial charge in [0.05, 0.1) is 25.4 Å². The zero-order valence-corrected chi connectivity index (χ0v) is 11.3. The second-order valence-electron chi connectivity index (χ2n) is 4.54. The number of aromatic hydroxyl groups is 1. The van der Waals surface area contributed by atoms with Crippen molar-refractivity contribution >= 4 is 5.91 Å². The van der Waals surface area contributed by atoms with Gasteiger partial charge in [0.25, 0.3) is 5.91 Å².